The lowest BCUT2D eigenvalue weighted by atomic mass is 9.88. The molecule has 3 heterocycles. The highest BCUT2D eigenvalue weighted by Gasteiger charge is 2.46. The molecule has 0 bridgehead atoms. The van der Waals surface area contributed by atoms with E-state index in [0.717, 1.165) is 38.3 Å². The van der Waals surface area contributed by atoms with Crippen LogP contribution in [0.3, 0.4) is 0 Å². The van der Waals surface area contributed by atoms with E-state index in [1.54, 1.807) is 7.05 Å². The van der Waals surface area contributed by atoms with E-state index in [2.05, 4.69) is 33.6 Å². The molecule has 3 rings (SSSR count). The Bertz CT molecular complexity index is 532. The first-order valence-corrected chi connectivity index (χ1v) is 8.17. The summed E-state index contributed by atoms with van der Waals surface area (Å²) in [4.78, 5) is 19.1. The van der Waals surface area contributed by atoms with Gasteiger partial charge >= 0.3 is 0 Å². The van der Waals surface area contributed by atoms with Gasteiger partial charge in [0.25, 0.3) is 5.91 Å². The van der Waals surface area contributed by atoms with Crippen molar-refractivity contribution < 1.29 is 9.53 Å². The van der Waals surface area contributed by atoms with Crippen LogP contribution >= 0.6 is 0 Å². The Hall–Kier alpha value is -1.40. The van der Waals surface area contributed by atoms with Crippen LogP contribution in [-0.2, 0) is 21.7 Å². The summed E-state index contributed by atoms with van der Waals surface area (Å²) in [7, 11) is 1.66. The molecule has 2 aliphatic heterocycles. The van der Waals surface area contributed by atoms with Gasteiger partial charge in [-0.2, -0.15) is 0 Å². The minimum atomic E-state index is -0.427. The number of hydrogen-bond donors (Lipinski definition) is 1. The Morgan fingerprint density at radius 1 is 1.50 bits per heavy atom. The van der Waals surface area contributed by atoms with Gasteiger partial charge in [-0.15, -0.1) is 0 Å². The molecule has 6 heteroatoms. The van der Waals surface area contributed by atoms with Gasteiger partial charge < -0.3 is 19.5 Å². The third-order valence-corrected chi connectivity index (χ3v) is 4.68. The van der Waals surface area contributed by atoms with Crippen molar-refractivity contribution in [3.63, 3.8) is 0 Å². The van der Waals surface area contributed by atoms with Crippen molar-refractivity contribution >= 4 is 5.91 Å². The van der Waals surface area contributed by atoms with Crippen molar-refractivity contribution in [3.05, 3.63) is 18.2 Å². The molecule has 22 heavy (non-hydrogen) atoms. The quantitative estimate of drug-likeness (QED) is 0.904. The van der Waals surface area contributed by atoms with Gasteiger partial charge in [-0.3, -0.25) is 4.79 Å². The maximum Gasteiger partial charge on any atom is 0.250 e. The molecule has 122 valence electrons. The van der Waals surface area contributed by atoms with Crippen LogP contribution in [-0.4, -0.2) is 53.1 Å². The average molecular weight is 306 g/mol. The van der Waals surface area contributed by atoms with Crippen molar-refractivity contribution in [2.45, 2.75) is 44.9 Å². The Morgan fingerprint density at radius 2 is 2.23 bits per heavy atom. The highest BCUT2D eigenvalue weighted by Crippen LogP contribution is 2.40. The molecule has 1 unspecified atom stereocenters. The number of nitrogens with one attached hydrogen (secondary N) is 1. The largest absolute Gasteiger partial charge is 0.357 e. The number of fused-ring (bicyclic) bond motifs is 2. The summed E-state index contributed by atoms with van der Waals surface area (Å²) in [6, 6.07) is 0. The van der Waals surface area contributed by atoms with Gasteiger partial charge in [-0.25, -0.2) is 4.98 Å². The molecule has 1 N–H and O–H groups in total. The Labute approximate surface area is 131 Å². The van der Waals surface area contributed by atoms with E-state index in [9.17, 15) is 4.79 Å². The van der Waals surface area contributed by atoms with Crippen molar-refractivity contribution in [2.75, 3.05) is 26.7 Å². The molecule has 1 aromatic heterocycles. The lowest BCUT2D eigenvalue weighted by Crippen LogP contribution is -2.54. The summed E-state index contributed by atoms with van der Waals surface area (Å²) >= 11 is 0. The molecule has 1 atom stereocenters. The van der Waals surface area contributed by atoms with Crippen LogP contribution in [0.25, 0.3) is 0 Å². The van der Waals surface area contributed by atoms with E-state index in [0.29, 0.717) is 12.5 Å². The zero-order chi connectivity index (χ0) is 15.7. The zero-order valence-corrected chi connectivity index (χ0v) is 13.7. The molecule has 1 fully saturated rings. The molecule has 1 saturated heterocycles. The van der Waals surface area contributed by atoms with Crippen LogP contribution in [0.4, 0.5) is 0 Å². The topological polar surface area (TPSA) is 59.4 Å². The second-order valence-electron chi connectivity index (χ2n) is 6.81. The maximum absolute atomic E-state index is 12.1. The van der Waals surface area contributed by atoms with Gasteiger partial charge in [-0.1, -0.05) is 13.8 Å². The second-order valence-corrected chi connectivity index (χ2v) is 6.81. The second kappa shape index (κ2) is 6.01. The first-order chi connectivity index (χ1) is 10.5. The summed E-state index contributed by atoms with van der Waals surface area (Å²) in [5.74, 6) is 1.60. The Kier molecular flexibility index (Phi) is 4.23. The van der Waals surface area contributed by atoms with Crippen LogP contribution < -0.4 is 5.32 Å². The molecule has 0 aromatic carbocycles. The molecule has 0 aliphatic carbocycles. The number of carbonyl (C=O) groups excluding carboxylic acids is 1. The number of carbonyl (C=O) groups is 1. The number of aromatic nitrogens is 2. The highest BCUT2D eigenvalue weighted by molar-refractivity contribution is 5.80. The minimum Gasteiger partial charge on any atom is -0.357 e. The van der Waals surface area contributed by atoms with Crippen molar-refractivity contribution in [1.29, 1.82) is 0 Å². The molecule has 1 aromatic rings. The fourth-order valence-corrected chi connectivity index (χ4v) is 3.65. The van der Waals surface area contributed by atoms with E-state index in [-0.39, 0.29) is 5.91 Å². The summed E-state index contributed by atoms with van der Waals surface area (Å²) in [5.41, 5.74) is -0.410. The molecular formula is C16H26N4O2. The minimum absolute atomic E-state index is 0.0525. The molecular weight excluding hydrogens is 280 g/mol. The van der Waals surface area contributed by atoms with Gasteiger partial charge in [0.15, 0.2) is 6.10 Å². The van der Waals surface area contributed by atoms with Crippen LogP contribution in [0.2, 0.25) is 0 Å². The Balaban J connectivity index is 1.79. The summed E-state index contributed by atoms with van der Waals surface area (Å²) in [6.07, 6.45) is 5.13. The van der Waals surface area contributed by atoms with Crippen LogP contribution in [0, 0.1) is 5.92 Å². The van der Waals surface area contributed by atoms with Gasteiger partial charge in [0.2, 0.25) is 0 Å². The fourth-order valence-electron chi connectivity index (χ4n) is 3.65. The van der Waals surface area contributed by atoms with Crippen molar-refractivity contribution in [2.24, 2.45) is 5.92 Å². The van der Waals surface area contributed by atoms with E-state index in [1.807, 2.05) is 12.4 Å². The third-order valence-electron chi connectivity index (χ3n) is 4.68. The summed E-state index contributed by atoms with van der Waals surface area (Å²) in [6.45, 7) is 8.14. The first kappa shape index (κ1) is 15.5. The standard InChI is InChI=1S/C16H26N4O2/c1-12(2)10-19-7-4-16(5-8-19)15-18-6-9-20(15)11-13(22-16)14(21)17-3/h6,9,12-13H,4-5,7-8,10-11H2,1-3H3,(H,17,21). The maximum atomic E-state index is 12.1. The first-order valence-electron chi connectivity index (χ1n) is 8.17. The number of ether oxygens (including phenoxy) is 1. The SMILES string of the molecule is CNC(=O)C1Cn2ccnc2C2(CCN(CC(C)C)CC2)O1. The smallest absolute Gasteiger partial charge is 0.250 e. The Morgan fingerprint density at radius 3 is 2.86 bits per heavy atom. The van der Waals surface area contributed by atoms with Crippen LogP contribution in [0.5, 0.6) is 0 Å². The van der Waals surface area contributed by atoms with E-state index >= 15 is 0 Å². The molecule has 0 saturated carbocycles. The van der Waals surface area contributed by atoms with Gasteiger partial charge in [0.05, 0.1) is 6.54 Å². The average Bonchev–Trinajstić information content (AvgIpc) is 2.98. The monoisotopic (exact) mass is 306 g/mol. The normalized spacial score (nSPS) is 24.5. The number of amides is 1. The van der Waals surface area contributed by atoms with Crippen LogP contribution in [0.15, 0.2) is 12.4 Å². The number of likely N-dealkylation sites (tertiary alicyclic amines) is 1. The fraction of sp³-hybridized carbons (Fsp3) is 0.750. The summed E-state index contributed by atoms with van der Waals surface area (Å²) < 4.78 is 8.37. The molecule has 6 nitrogen and oxygen atoms in total. The number of rotatable bonds is 3. The zero-order valence-electron chi connectivity index (χ0n) is 13.7. The molecule has 0 radical (unpaired) electrons. The number of piperidine rings is 1. The highest BCUT2D eigenvalue weighted by atomic mass is 16.5. The van der Waals surface area contributed by atoms with Crippen molar-refractivity contribution in [1.82, 2.24) is 19.8 Å². The third kappa shape index (κ3) is 2.77. The van der Waals surface area contributed by atoms with Crippen LogP contribution in [0.1, 0.15) is 32.5 Å². The lowest BCUT2D eigenvalue weighted by molar-refractivity contribution is -0.173. The predicted molar refractivity (Wildman–Crippen MR) is 83.4 cm³/mol. The molecule has 1 amide bonds. The number of hydrogen-bond acceptors (Lipinski definition) is 4. The number of likely N-dealkylation sites (N-methyl/N-ethyl adjacent to an activating group) is 1. The number of imidazole rings is 1. The van der Waals surface area contributed by atoms with E-state index in [4.69, 9.17) is 4.74 Å². The molecule has 1 spiro atoms. The number of nitrogens with zero attached hydrogens (tertiary/aromatic N) is 3. The van der Waals surface area contributed by atoms with Gasteiger partial charge in [0, 0.05) is 39.1 Å². The van der Waals surface area contributed by atoms with Crippen molar-refractivity contribution in [3.8, 4) is 0 Å². The predicted octanol–water partition coefficient (Wildman–Crippen LogP) is 0.975. The summed E-state index contributed by atoms with van der Waals surface area (Å²) in [5, 5.41) is 2.71. The van der Waals surface area contributed by atoms with Gasteiger partial charge in [0.1, 0.15) is 11.4 Å². The van der Waals surface area contributed by atoms with Gasteiger partial charge in [-0.05, 0) is 18.8 Å². The molecule has 2 aliphatic rings. The lowest BCUT2D eigenvalue weighted by Gasteiger charge is -2.45. The van der Waals surface area contributed by atoms with E-state index < -0.39 is 11.7 Å². The van der Waals surface area contributed by atoms with E-state index in [1.165, 1.54) is 0 Å².